The van der Waals surface area contributed by atoms with Crippen LogP contribution >= 0.6 is 0 Å². The van der Waals surface area contributed by atoms with Crippen LogP contribution in [0.4, 0.5) is 0 Å². The van der Waals surface area contributed by atoms with Gasteiger partial charge in [-0.1, -0.05) is 38.2 Å². The second-order valence-electron chi connectivity index (χ2n) is 7.01. The fraction of sp³-hybridized carbons (Fsp3) is 0.882. The zero-order valence-corrected chi connectivity index (χ0v) is 12.4. The zero-order chi connectivity index (χ0) is 13.1. The quantitative estimate of drug-likeness (QED) is 0.785. The summed E-state index contributed by atoms with van der Waals surface area (Å²) >= 11 is 0. The van der Waals surface area contributed by atoms with Crippen LogP contribution < -0.4 is 5.32 Å². The molecule has 1 saturated heterocycles. The summed E-state index contributed by atoms with van der Waals surface area (Å²) in [5.41, 5.74) is 0.472. The summed E-state index contributed by atoms with van der Waals surface area (Å²) in [6.07, 6.45) is 15.0. The van der Waals surface area contributed by atoms with E-state index in [2.05, 4.69) is 22.9 Å². The van der Waals surface area contributed by atoms with Gasteiger partial charge in [0.25, 0.3) is 0 Å². The van der Waals surface area contributed by atoms with Crippen LogP contribution in [-0.2, 0) is 0 Å². The van der Waals surface area contributed by atoms with Crippen molar-refractivity contribution < 1.29 is 0 Å². The normalized spacial score (nSPS) is 32.7. The summed E-state index contributed by atoms with van der Waals surface area (Å²) in [6, 6.07) is 0.742. The number of hydrogen-bond donors (Lipinski definition) is 1. The Hall–Kier alpha value is -0.340. The fourth-order valence-electron chi connectivity index (χ4n) is 4.73. The number of rotatable bonds is 3. The van der Waals surface area contributed by atoms with Crippen molar-refractivity contribution in [3.05, 3.63) is 12.7 Å². The third-order valence-electron chi connectivity index (χ3n) is 5.88. The fourth-order valence-corrected chi connectivity index (χ4v) is 4.73. The molecule has 1 heterocycles. The molecule has 0 radical (unpaired) electrons. The van der Waals surface area contributed by atoms with Gasteiger partial charge in [0.05, 0.1) is 0 Å². The molecule has 1 N–H and O–H groups in total. The van der Waals surface area contributed by atoms with Crippen molar-refractivity contribution in [3.63, 3.8) is 0 Å². The highest BCUT2D eigenvalue weighted by molar-refractivity contribution is 5.04. The van der Waals surface area contributed by atoms with Crippen molar-refractivity contribution in [1.82, 2.24) is 10.2 Å². The molecule has 1 atom stereocenters. The first kappa shape index (κ1) is 13.6. The van der Waals surface area contributed by atoms with Crippen LogP contribution in [0.5, 0.6) is 0 Å². The summed E-state index contributed by atoms with van der Waals surface area (Å²) in [6.45, 7) is 7.56. The average molecular weight is 262 g/mol. The van der Waals surface area contributed by atoms with Gasteiger partial charge in [-0.15, -0.1) is 6.58 Å². The Morgan fingerprint density at radius 2 is 1.84 bits per heavy atom. The third kappa shape index (κ3) is 2.75. The standard InChI is InChI=1S/C17H30N2/c1-2-12-19-13-16(15-8-4-3-5-9-15)18-14-17(19)10-6-7-11-17/h2,15-16,18H,1,3-14H2. The Kier molecular flexibility index (Phi) is 4.28. The summed E-state index contributed by atoms with van der Waals surface area (Å²) < 4.78 is 0. The van der Waals surface area contributed by atoms with E-state index in [1.807, 2.05) is 0 Å². The lowest BCUT2D eigenvalue weighted by Crippen LogP contribution is -2.65. The van der Waals surface area contributed by atoms with Crippen molar-refractivity contribution in [1.29, 1.82) is 0 Å². The van der Waals surface area contributed by atoms with E-state index in [1.54, 1.807) is 0 Å². The number of piperazine rings is 1. The minimum Gasteiger partial charge on any atom is -0.311 e. The molecule has 1 unspecified atom stereocenters. The topological polar surface area (TPSA) is 15.3 Å². The van der Waals surface area contributed by atoms with Gasteiger partial charge in [0.15, 0.2) is 0 Å². The molecule has 0 bridgehead atoms. The highest BCUT2D eigenvalue weighted by Crippen LogP contribution is 2.38. The molecule has 2 aliphatic carbocycles. The highest BCUT2D eigenvalue weighted by atomic mass is 15.3. The highest BCUT2D eigenvalue weighted by Gasteiger charge is 2.44. The molecule has 0 amide bonds. The van der Waals surface area contributed by atoms with Gasteiger partial charge < -0.3 is 5.32 Å². The third-order valence-corrected chi connectivity index (χ3v) is 5.88. The van der Waals surface area contributed by atoms with Gasteiger partial charge in [0, 0.05) is 31.2 Å². The van der Waals surface area contributed by atoms with E-state index >= 15 is 0 Å². The number of hydrogen-bond acceptors (Lipinski definition) is 2. The van der Waals surface area contributed by atoms with E-state index < -0.39 is 0 Å². The van der Waals surface area contributed by atoms with Gasteiger partial charge in [-0.05, 0) is 31.6 Å². The molecule has 2 saturated carbocycles. The molecule has 3 fully saturated rings. The van der Waals surface area contributed by atoms with E-state index in [0.29, 0.717) is 5.54 Å². The zero-order valence-electron chi connectivity index (χ0n) is 12.4. The lowest BCUT2D eigenvalue weighted by Gasteiger charge is -2.50. The lowest BCUT2D eigenvalue weighted by molar-refractivity contribution is 0.0341. The molecule has 3 aliphatic rings. The summed E-state index contributed by atoms with van der Waals surface area (Å²) in [4.78, 5) is 2.77. The first-order valence-electron chi connectivity index (χ1n) is 8.43. The van der Waals surface area contributed by atoms with E-state index in [9.17, 15) is 0 Å². The van der Waals surface area contributed by atoms with Gasteiger partial charge >= 0.3 is 0 Å². The second kappa shape index (κ2) is 5.97. The maximum atomic E-state index is 3.98. The Morgan fingerprint density at radius 1 is 1.11 bits per heavy atom. The molecule has 2 nitrogen and oxygen atoms in total. The van der Waals surface area contributed by atoms with Crippen molar-refractivity contribution >= 4 is 0 Å². The minimum absolute atomic E-state index is 0.472. The molecule has 0 aromatic carbocycles. The van der Waals surface area contributed by atoms with Gasteiger partial charge in [0.1, 0.15) is 0 Å². The molecule has 19 heavy (non-hydrogen) atoms. The van der Waals surface area contributed by atoms with Gasteiger partial charge in [-0.25, -0.2) is 0 Å². The Labute approximate surface area is 118 Å². The van der Waals surface area contributed by atoms with E-state index in [4.69, 9.17) is 0 Å². The maximum Gasteiger partial charge on any atom is 0.0338 e. The summed E-state index contributed by atoms with van der Waals surface area (Å²) in [5, 5.41) is 3.93. The van der Waals surface area contributed by atoms with Crippen LogP contribution in [0.2, 0.25) is 0 Å². The summed E-state index contributed by atoms with van der Waals surface area (Å²) in [7, 11) is 0. The Balaban J connectivity index is 1.66. The second-order valence-corrected chi connectivity index (χ2v) is 7.01. The average Bonchev–Trinajstić information content (AvgIpc) is 2.92. The minimum atomic E-state index is 0.472. The molecule has 108 valence electrons. The van der Waals surface area contributed by atoms with Crippen LogP contribution in [0.25, 0.3) is 0 Å². The van der Waals surface area contributed by atoms with Crippen LogP contribution in [0.3, 0.4) is 0 Å². The number of nitrogens with one attached hydrogen (secondary N) is 1. The van der Waals surface area contributed by atoms with Crippen molar-refractivity contribution in [2.75, 3.05) is 19.6 Å². The van der Waals surface area contributed by atoms with Crippen molar-refractivity contribution in [3.8, 4) is 0 Å². The van der Waals surface area contributed by atoms with Crippen LogP contribution in [0.15, 0.2) is 12.7 Å². The largest absolute Gasteiger partial charge is 0.311 e. The van der Waals surface area contributed by atoms with E-state index in [0.717, 1.165) is 18.5 Å². The molecule has 3 rings (SSSR count). The number of nitrogens with zero attached hydrogens (tertiary/aromatic N) is 1. The summed E-state index contributed by atoms with van der Waals surface area (Å²) in [5.74, 6) is 0.930. The maximum absolute atomic E-state index is 3.98. The Bertz CT molecular complexity index is 300. The van der Waals surface area contributed by atoms with Gasteiger partial charge in [0.2, 0.25) is 0 Å². The molecule has 0 aromatic rings. The predicted molar refractivity (Wildman–Crippen MR) is 81.3 cm³/mol. The molecule has 1 spiro atoms. The molecular formula is C17H30N2. The first-order valence-corrected chi connectivity index (χ1v) is 8.43. The SMILES string of the molecule is C=CCN1CC(C2CCCCC2)NCC12CCCC2. The molecular weight excluding hydrogens is 232 g/mol. The smallest absolute Gasteiger partial charge is 0.0338 e. The van der Waals surface area contributed by atoms with E-state index in [1.165, 1.54) is 70.9 Å². The van der Waals surface area contributed by atoms with Crippen LogP contribution in [0, 0.1) is 5.92 Å². The molecule has 2 heteroatoms. The van der Waals surface area contributed by atoms with Crippen molar-refractivity contribution in [2.24, 2.45) is 5.92 Å². The Morgan fingerprint density at radius 3 is 2.53 bits per heavy atom. The van der Waals surface area contributed by atoms with E-state index in [-0.39, 0.29) is 0 Å². The monoisotopic (exact) mass is 262 g/mol. The lowest BCUT2D eigenvalue weighted by atomic mass is 9.80. The molecule has 0 aromatic heterocycles. The van der Waals surface area contributed by atoms with Gasteiger partial charge in [-0.2, -0.15) is 0 Å². The predicted octanol–water partition coefficient (Wildman–Crippen LogP) is 3.34. The van der Waals surface area contributed by atoms with Crippen LogP contribution in [0.1, 0.15) is 57.8 Å². The van der Waals surface area contributed by atoms with Crippen LogP contribution in [-0.4, -0.2) is 36.1 Å². The van der Waals surface area contributed by atoms with Crippen molar-refractivity contribution in [2.45, 2.75) is 69.4 Å². The first-order chi connectivity index (χ1) is 9.34. The van der Waals surface area contributed by atoms with Gasteiger partial charge in [-0.3, -0.25) is 4.90 Å². The molecule has 1 aliphatic heterocycles.